The molecule has 2 aromatic heterocycles. The van der Waals surface area contributed by atoms with E-state index in [-0.39, 0.29) is 6.04 Å². The molecule has 6 heteroatoms. The molecule has 0 saturated carbocycles. The average molecular weight is 249 g/mol. The van der Waals surface area contributed by atoms with Gasteiger partial charge in [-0.3, -0.25) is 9.36 Å². The number of hydrogen-bond acceptors (Lipinski definition) is 4. The van der Waals surface area contributed by atoms with E-state index in [1.165, 1.54) is 0 Å². The molecule has 0 aliphatic rings. The molecule has 2 heterocycles. The summed E-state index contributed by atoms with van der Waals surface area (Å²) >= 11 is 0. The summed E-state index contributed by atoms with van der Waals surface area (Å²) in [5, 5.41) is 8.58. The van der Waals surface area contributed by atoms with Gasteiger partial charge in [0.2, 0.25) is 0 Å². The SMILES string of the molecule is COc1cnn(C)c1C(N)c1c(C)nn(C)c1C. The van der Waals surface area contributed by atoms with E-state index in [2.05, 4.69) is 10.2 Å². The summed E-state index contributed by atoms with van der Waals surface area (Å²) in [6.45, 7) is 3.98. The molecule has 0 spiro atoms. The minimum atomic E-state index is -0.291. The van der Waals surface area contributed by atoms with E-state index in [1.807, 2.05) is 32.6 Å². The second-order valence-electron chi connectivity index (χ2n) is 4.41. The molecule has 6 nitrogen and oxygen atoms in total. The van der Waals surface area contributed by atoms with Crippen molar-refractivity contribution in [2.75, 3.05) is 7.11 Å². The van der Waals surface area contributed by atoms with E-state index in [4.69, 9.17) is 10.5 Å². The van der Waals surface area contributed by atoms with Gasteiger partial charge < -0.3 is 10.5 Å². The second kappa shape index (κ2) is 4.45. The summed E-state index contributed by atoms with van der Waals surface area (Å²) in [7, 11) is 5.40. The van der Waals surface area contributed by atoms with Crippen LogP contribution in [0.5, 0.6) is 5.75 Å². The van der Waals surface area contributed by atoms with Gasteiger partial charge in [-0.25, -0.2) is 0 Å². The van der Waals surface area contributed by atoms with Crippen molar-refractivity contribution in [3.63, 3.8) is 0 Å². The zero-order valence-electron chi connectivity index (χ0n) is 11.4. The van der Waals surface area contributed by atoms with E-state index < -0.39 is 0 Å². The highest BCUT2D eigenvalue weighted by molar-refractivity contribution is 5.39. The fourth-order valence-corrected chi connectivity index (χ4v) is 2.32. The molecule has 0 radical (unpaired) electrons. The van der Waals surface area contributed by atoms with Gasteiger partial charge in [0.1, 0.15) is 5.69 Å². The predicted octanol–water partition coefficient (Wildman–Crippen LogP) is 0.827. The highest BCUT2D eigenvalue weighted by Crippen LogP contribution is 2.30. The molecule has 2 aromatic rings. The maximum absolute atomic E-state index is 6.36. The Morgan fingerprint density at radius 2 is 1.94 bits per heavy atom. The lowest BCUT2D eigenvalue weighted by atomic mass is 10.0. The van der Waals surface area contributed by atoms with E-state index >= 15 is 0 Å². The number of nitrogens with zero attached hydrogens (tertiary/aromatic N) is 4. The van der Waals surface area contributed by atoms with Crippen LogP contribution in [0.3, 0.4) is 0 Å². The minimum Gasteiger partial charge on any atom is -0.493 e. The van der Waals surface area contributed by atoms with Crippen LogP contribution in [0.15, 0.2) is 6.20 Å². The van der Waals surface area contributed by atoms with Gasteiger partial charge in [-0.2, -0.15) is 10.2 Å². The summed E-state index contributed by atoms with van der Waals surface area (Å²) in [6, 6.07) is -0.291. The Balaban J connectivity index is 2.54. The van der Waals surface area contributed by atoms with Crippen molar-refractivity contribution >= 4 is 0 Å². The lowest BCUT2D eigenvalue weighted by Gasteiger charge is -2.14. The van der Waals surface area contributed by atoms with Gasteiger partial charge >= 0.3 is 0 Å². The molecule has 2 rings (SSSR count). The van der Waals surface area contributed by atoms with E-state index in [0.717, 1.165) is 22.6 Å². The largest absolute Gasteiger partial charge is 0.493 e. The van der Waals surface area contributed by atoms with Crippen molar-refractivity contribution in [1.82, 2.24) is 19.6 Å². The molecule has 1 atom stereocenters. The Labute approximate surface area is 106 Å². The number of ether oxygens (including phenoxy) is 1. The monoisotopic (exact) mass is 249 g/mol. The third-order valence-electron chi connectivity index (χ3n) is 3.34. The number of nitrogens with two attached hydrogens (primary N) is 1. The van der Waals surface area contributed by atoms with Crippen LogP contribution in [0.25, 0.3) is 0 Å². The quantitative estimate of drug-likeness (QED) is 0.874. The van der Waals surface area contributed by atoms with Crippen LogP contribution in [-0.4, -0.2) is 26.7 Å². The molecule has 0 saturated heterocycles. The average Bonchev–Trinajstić information content (AvgIpc) is 2.80. The standard InChI is InChI=1S/C12H19N5O/c1-7-10(8(2)16(3)15-7)11(13)12-9(18-5)6-14-17(12)4/h6,11H,13H2,1-5H3. The number of hydrogen-bond donors (Lipinski definition) is 1. The number of aryl methyl sites for hydroxylation is 3. The van der Waals surface area contributed by atoms with Crippen molar-refractivity contribution in [2.45, 2.75) is 19.9 Å². The van der Waals surface area contributed by atoms with Crippen LogP contribution in [0.2, 0.25) is 0 Å². The van der Waals surface area contributed by atoms with Gasteiger partial charge in [0, 0.05) is 25.4 Å². The van der Waals surface area contributed by atoms with Crippen molar-refractivity contribution in [2.24, 2.45) is 19.8 Å². The molecule has 2 N–H and O–H groups in total. The zero-order valence-corrected chi connectivity index (χ0v) is 11.4. The zero-order chi connectivity index (χ0) is 13.4. The molecule has 0 fully saturated rings. The first-order chi connectivity index (χ1) is 8.47. The second-order valence-corrected chi connectivity index (χ2v) is 4.41. The first-order valence-corrected chi connectivity index (χ1v) is 5.79. The van der Waals surface area contributed by atoms with Crippen LogP contribution in [0.1, 0.15) is 28.7 Å². The van der Waals surface area contributed by atoms with Crippen molar-refractivity contribution in [3.8, 4) is 5.75 Å². The fraction of sp³-hybridized carbons (Fsp3) is 0.500. The van der Waals surface area contributed by atoms with Gasteiger partial charge in [-0.15, -0.1) is 0 Å². The van der Waals surface area contributed by atoms with Gasteiger partial charge in [-0.1, -0.05) is 0 Å². The van der Waals surface area contributed by atoms with Crippen molar-refractivity contribution < 1.29 is 4.74 Å². The van der Waals surface area contributed by atoms with E-state index in [1.54, 1.807) is 18.0 Å². The first-order valence-electron chi connectivity index (χ1n) is 5.79. The Morgan fingerprint density at radius 1 is 1.28 bits per heavy atom. The summed E-state index contributed by atoms with van der Waals surface area (Å²) < 4.78 is 8.89. The van der Waals surface area contributed by atoms with Crippen LogP contribution in [0.4, 0.5) is 0 Å². The van der Waals surface area contributed by atoms with Crippen LogP contribution < -0.4 is 10.5 Å². The van der Waals surface area contributed by atoms with Crippen molar-refractivity contribution in [1.29, 1.82) is 0 Å². The molecule has 0 aliphatic heterocycles. The molecule has 0 aliphatic carbocycles. The Bertz CT molecular complexity index is 569. The molecule has 18 heavy (non-hydrogen) atoms. The van der Waals surface area contributed by atoms with Gasteiger partial charge in [0.05, 0.1) is 25.0 Å². The number of aromatic nitrogens is 4. The van der Waals surface area contributed by atoms with E-state index in [9.17, 15) is 0 Å². The molecule has 0 bridgehead atoms. The molecule has 0 amide bonds. The van der Waals surface area contributed by atoms with Crippen molar-refractivity contribution in [3.05, 3.63) is 28.8 Å². The smallest absolute Gasteiger partial charge is 0.161 e. The Morgan fingerprint density at radius 3 is 2.44 bits per heavy atom. The molecule has 0 aromatic carbocycles. The molecule has 1 unspecified atom stereocenters. The highest BCUT2D eigenvalue weighted by atomic mass is 16.5. The fourth-order valence-electron chi connectivity index (χ4n) is 2.32. The van der Waals surface area contributed by atoms with Gasteiger partial charge in [0.15, 0.2) is 5.75 Å². The highest BCUT2D eigenvalue weighted by Gasteiger charge is 2.24. The summed E-state index contributed by atoms with van der Waals surface area (Å²) in [6.07, 6.45) is 1.68. The lowest BCUT2D eigenvalue weighted by molar-refractivity contribution is 0.405. The number of rotatable bonds is 3. The van der Waals surface area contributed by atoms with Crippen LogP contribution in [0, 0.1) is 13.8 Å². The summed E-state index contributed by atoms with van der Waals surface area (Å²) in [4.78, 5) is 0. The van der Waals surface area contributed by atoms with E-state index in [0.29, 0.717) is 5.75 Å². The van der Waals surface area contributed by atoms with Gasteiger partial charge in [-0.05, 0) is 13.8 Å². The molecule has 98 valence electrons. The molecular weight excluding hydrogens is 230 g/mol. The maximum Gasteiger partial charge on any atom is 0.161 e. The van der Waals surface area contributed by atoms with Crippen LogP contribution >= 0.6 is 0 Å². The predicted molar refractivity (Wildman–Crippen MR) is 68.5 cm³/mol. The maximum atomic E-state index is 6.36. The normalized spacial score (nSPS) is 12.8. The first kappa shape index (κ1) is 12.6. The van der Waals surface area contributed by atoms with Crippen LogP contribution in [-0.2, 0) is 14.1 Å². The third kappa shape index (κ3) is 1.78. The molecular formula is C12H19N5O. The van der Waals surface area contributed by atoms with Gasteiger partial charge in [0.25, 0.3) is 0 Å². The third-order valence-corrected chi connectivity index (χ3v) is 3.34. The number of methoxy groups -OCH3 is 1. The minimum absolute atomic E-state index is 0.291. The summed E-state index contributed by atoms with van der Waals surface area (Å²) in [5.41, 5.74) is 10.2. The topological polar surface area (TPSA) is 70.9 Å². The summed E-state index contributed by atoms with van der Waals surface area (Å²) in [5.74, 6) is 0.702. The Hall–Kier alpha value is -1.82. The Kier molecular flexibility index (Phi) is 3.13. The lowest BCUT2D eigenvalue weighted by Crippen LogP contribution is -2.18.